The third-order valence-corrected chi connectivity index (χ3v) is 4.66. The van der Waals surface area contributed by atoms with Gasteiger partial charge in [-0.2, -0.15) is 0 Å². The fourth-order valence-corrected chi connectivity index (χ4v) is 3.20. The lowest BCUT2D eigenvalue weighted by Gasteiger charge is -2.25. The van der Waals surface area contributed by atoms with Crippen molar-refractivity contribution in [1.29, 1.82) is 0 Å². The number of hydrogen-bond acceptors (Lipinski definition) is 0. The highest BCUT2D eigenvalue weighted by molar-refractivity contribution is 5.39. The third kappa shape index (κ3) is 6.38. The first-order chi connectivity index (χ1) is 11.3. The molecule has 0 heteroatoms. The van der Waals surface area contributed by atoms with E-state index in [0.29, 0.717) is 5.92 Å². The molecule has 0 amide bonds. The van der Waals surface area contributed by atoms with Gasteiger partial charge < -0.3 is 0 Å². The molecule has 120 valence electrons. The van der Waals surface area contributed by atoms with E-state index in [1.807, 2.05) is 12.2 Å². The van der Waals surface area contributed by atoms with Crippen LogP contribution in [-0.4, -0.2) is 0 Å². The van der Waals surface area contributed by atoms with E-state index in [2.05, 4.69) is 61.8 Å². The number of rotatable bonds is 3. The Morgan fingerprint density at radius 3 is 2.30 bits per heavy atom. The van der Waals surface area contributed by atoms with Crippen LogP contribution >= 0.6 is 0 Å². The van der Waals surface area contributed by atoms with E-state index in [1.54, 1.807) is 0 Å². The highest BCUT2D eigenvalue weighted by Gasteiger charge is 2.18. The maximum atomic E-state index is 3.39. The Bertz CT molecular complexity index is 602. The van der Waals surface area contributed by atoms with Crippen LogP contribution in [0.15, 0.2) is 36.4 Å². The Balaban J connectivity index is 1.76. The Labute approximate surface area is 142 Å². The standard InChI is InChI=1S/C23H28/c1-3-9-21-16-18-23(19-17-21)11-8-6-5-7-10-22-14-12-20(4-2)13-15-22/h5-6,12-15,21,23H,3-4,9,16-19H2,1-2H3/b6-5+. The fourth-order valence-electron chi connectivity index (χ4n) is 3.20. The first kappa shape index (κ1) is 17.4. The van der Waals surface area contributed by atoms with Gasteiger partial charge in [-0.05, 0) is 67.9 Å². The van der Waals surface area contributed by atoms with Crippen LogP contribution in [0.4, 0.5) is 0 Å². The van der Waals surface area contributed by atoms with E-state index >= 15 is 0 Å². The van der Waals surface area contributed by atoms with Gasteiger partial charge >= 0.3 is 0 Å². The van der Waals surface area contributed by atoms with E-state index < -0.39 is 0 Å². The molecule has 0 unspecified atom stereocenters. The minimum atomic E-state index is 0.599. The summed E-state index contributed by atoms with van der Waals surface area (Å²) in [5.74, 6) is 14.3. The molecular formula is C23H28. The average molecular weight is 304 g/mol. The highest BCUT2D eigenvalue weighted by Crippen LogP contribution is 2.30. The molecule has 0 heterocycles. The highest BCUT2D eigenvalue weighted by atomic mass is 14.2. The van der Waals surface area contributed by atoms with Gasteiger partial charge in [-0.1, -0.05) is 62.5 Å². The van der Waals surface area contributed by atoms with E-state index in [1.165, 1.54) is 44.1 Å². The van der Waals surface area contributed by atoms with Gasteiger partial charge in [0.1, 0.15) is 0 Å². The maximum Gasteiger partial charge on any atom is 0.0249 e. The van der Waals surface area contributed by atoms with Gasteiger partial charge in [0.2, 0.25) is 0 Å². The molecule has 1 aliphatic rings. The van der Waals surface area contributed by atoms with Crippen molar-refractivity contribution >= 4 is 0 Å². The van der Waals surface area contributed by atoms with Crippen LogP contribution in [0.2, 0.25) is 0 Å². The Morgan fingerprint density at radius 2 is 1.65 bits per heavy atom. The number of hydrogen-bond donors (Lipinski definition) is 0. The van der Waals surface area contributed by atoms with Gasteiger partial charge in [-0.15, -0.1) is 0 Å². The molecule has 0 nitrogen and oxygen atoms in total. The Hall–Kier alpha value is -1.92. The SMILES string of the molecule is CCCC1CCC(C#C/C=C/C#Cc2ccc(CC)cc2)CC1. The van der Waals surface area contributed by atoms with Crippen molar-refractivity contribution in [2.24, 2.45) is 11.8 Å². The molecule has 1 aromatic rings. The van der Waals surface area contributed by atoms with E-state index in [-0.39, 0.29) is 0 Å². The van der Waals surface area contributed by atoms with Crippen molar-refractivity contribution in [3.8, 4) is 23.7 Å². The van der Waals surface area contributed by atoms with Gasteiger partial charge in [0, 0.05) is 11.5 Å². The summed E-state index contributed by atoms with van der Waals surface area (Å²) in [5, 5.41) is 0. The maximum absolute atomic E-state index is 3.39. The average Bonchev–Trinajstić information content (AvgIpc) is 2.60. The molecule has 0 atom stereocenters. The van der Waals surface area contributed by atoms with Gasteiger partial charge in [0.25, 0.3) is 0 Å². The number of benzene rings is 1. The molecular weight excluding hydrogens is 276 g/mol. The van der Waals surface area contributed by atoms with Crippen molar-refractivity contribution in [1.82, 2.24) is 0 Å². The van der Waals surface area contributed by atoms with Gasteiger partial charge in [0.05, 0.1) is 0 Å². The minimum absolute atomic E-state index is 0.599. The molecule has 1 aliphatic carbocycles. The van der Waals surface area contributed by atoms with Crippen molar-refractivity contribution in [3.63, 3.8) is 0 Å². The predicted octanol–water partition coefficient (Wildman–Crippen LogP) is 5.77. The molecule has 1 fully saturated rings. The van der Waals surface area contributed by atoms with E-state index in [4.69, 9.17) is 0 Å². The lowest BCUT2D eigenvalue weighted by Crippen LogP contribution is -2.12. The van der Waals surface area contributed by atoms with Crippen LogP contribution in [0.25, 0.3) is 0 Å². The monoisotopic (exact) mass is 304 g/mol. The molecule has 2 rings (SSSR count). The molecule has 0 bridgehead atoms. The molecule has 0 N–H and O–H groups in total. The summed E-state index contributed by atoms with van der Waals surface area (Å²) >= 11 is 0. The molecule has 0 spiro atoms. The van der Waals surface area contributed by atoms with Gasteiger partial charge in [-0.3, -0.25) is 0 Å². The molecule has 1 aromatic carbocycles. The van der Waals surface area contributed by atoms with Crippen molar-refractivity contribution in [3.05, 3.63) is 47.5 Å². The molecule has 0 saturated heterocycles. The van der Waals surface area contributed by atoms with E-state index in [9.17, 15) is 0 Å². The lowest BCUT2D eigenvalue weighted by atomic mass is 9.80. The lowest BCUT2D eigenvalue weighted by molar-refractivity contribution is 0.300. The normalized spacial score (nSPS) is 20.4. The smallest absolute Gasteiger partial charge is 0.0249 e. The van der Waals surface area contributed by atoms with Crippen LogP contribution in [-0.2, 0) is 6.42 Å². The predicted molar refractivity (Wildman–Crippen MR) is 100.0 cm³/mol. The Kier molecular flexibility index (Phi) is 7.56. The van der Waals surface area contributed by atoms with Gasteiger partial charge in [0.15, 0.2) is 0 Å². The van der Waals surface area contributed by atoms with Crippen LogP contribution in [0.3, 0.4) is 0 Å². The first-order valence-electron chi connectivity index (χ1n) is 9.08. The summed E-state index contributed by atoms with van der Waals surface area (Å²) in [5.41, 5.74) is 2.42. The van der Waals surface area contributed by atoms with Crippen LogP contribution in [0.5, 0.6) is 0 Å². The first-order valence-corrected chi connectivity index (χ1v) is 9.08. The fraction of sp³-hybridized carbons (Fsp3) is 0.478. The van der Waals surface area contributed by atoms with Crippen molar-refractivity contribution in [2.75, 3.05) is 0 Å². The summed E-state index contributed by atoms with van der Waals surface area (Å²) in [4.78, 5) is 0. The van der Waals surface area contributed by atoms with Crippen molar-refractivity contribution < 1.29 is 0 Å². The summed E-state index contributed by atoms with van der Waals surface area (Å²) in [6.07, 6.45) is 12.8. The zero-order valence-electron chi connectivity index (χ0n) is 14.6. The second-order valence-electron chi connectivity index (χ2n) is 6.45. The summed E-state index contributed by atoms with van der Waals surface area (Å²) in [6, 6.07) is 8.45. The van der Waals surface area contributed by atoms with Crippen molar-refractivity contribution in [2.45, 2.75) is 58.8 Å². The second-order valence-corrected chi connectivity index (χ2v) is 6.45. The molecule has 1 saturated carbocycles. The number of aryl methyl sites for hydroxylation is 1. The summed E-state index contributed by atoms with van der Waals surface area (Å²) < 4.78 is 0. The third-order valence-electron chi connectivity index (χ3n) is 4.66. The zero-order valence-corrected chi connectivity index (χ0v) is 14.6. The molecule has 0 radical (unpaired) electrons. The van der Waals surface area contributed by atoms with Crippen LogP contribution in [0, 0.1) is 35.5 Å². The Morgan fingerprint density at radius 1 is 0.957 bits per heavy atom. The molecule has 0 aliphatic heterocycles. The largest absolute Gasteiger partial charge is 0.0951 e. The topological polar surface area (TPSA) is 0 Å². The summed E-state index contributed by atoms with van der Waals surface area (Å²) in [7, 11) is 0. The summed E-state index contributed by atoms with van der Waals surface area (Å²) in [6.45, 7) is 4.45. The second kappa shape index (κ2) is 9.97. The van der Waals surface area contributed by atoms with Gasteiger partial charge in [-0.25, -0.2) is 0 Å². The molecule has 23 heavy (non-hydrogen) atoms. The van der Waals surface area contributed by atoms with E-state index in [0.717, 1.165) is 17.9 Å². The minimum Gasteiger partial charge on any atom is -0.0951 e. The van der Waals surface area contributed by atoms with Crippen LogP contribution in [0.1, 0.15) is 63.5 Å². The van der Waals surface area contributed by atoms with Crippen LogP contribution < -0.4 is 0 Å². The number of allylic oxidation sites excluding steroid dienone is 2. The molecule has 0 aromatic heterocycles. The zero-order chi connectivity index (χ0) is 16.3. The quantitative estimate of drug-likeness (QED) is 0.622.